The van der Waals surface area contributed by atoms with Crippen LogP contribution in [-0.2, 0) is 16.0 Å². The highest BCUT2D eigenvalue weighted by Crippen LogP contribution is 2.32. The Morgan fingerprint density at radius 2 is 1.87 bits per heavy atom. The van der Waals surface area contributed by atoms with E-state index in [0.717, 1.165) is 21.6 Å². The minimum Gasteiger partial charge on any atom is -0.495 e. The van der Waals surface area contributed by atoms with Gasteiger partial charge in [0.05, 0.1) is 17.3 Å². The van der Waals surface area contributed by atoms with Crippen molar-refractivity contribution >= 4 is 45.5 Å². The summed E-state index contributed by atoms with van der Waals surface area (Å²) in [5, 5.41) is 2.25. The number of halogens is 1. The molecule has 1 aliphatic heterocycles. The Labute approximate surface area is 183 Å². The number of rotatable bonds is 5. The maximum absolute atomic E-state index is 13.1. The van der Waals surface area contributed by atoms with Crippen LogP contribution in [-0.4, -0.2) is 25.0 Å². The molecule has 2 aromatic rings. The fourth-order valence-corrected chi connectivity index (χ4v) is 3.90. The van der Waals surface area contributed by atoms with Crippen LogP contribution in [0.2, 0.25) is 0 Å². The average Bonchev–Trinajstić information content (AvgIpc) is 2.68. The number of amides is 4. The summed E-state index contributed by atoms with van der Waals surface area (Å²) < 4.78 is 6.09. The Bertz CT molecular complexity index is 1100. The number of anilines is 1. The van der Waals surface area contributed by atoms with Gasteiger partial charge < -0.3 is 4.74 Å². The number of hydrogen-bond acceptors (Lipinski definition) is 4. The fraction of sp³-hybridized carbons (Fsp3) is 0.174. The van der Waals surface area contributed by atoms with Crippen LogP contribution in [0.15, 0.2) is 53.0 Å². The minimum absolute atomic E-state index is 0.130. The van der Waals surface area contributed by atoms with Crippen LogP contribution < -0.4 is 15.0 Å². The van der Waals surface area contributed by atoms with E-state index in [1.54, 1.807) is 31.4 Å². The highest BCUT2D eigenvalue weighted by atomic mass is 79.9. The number of carbonyl (C=O) groups is 3. The second kappa shape index (κ2) is 8.67. The van der Waals surface area contributed by atoms with Gasteiger partial charge in [-0.25, -0.2) is 9.69 Å². The lowest BCUT2D eigenvalue weighted by molar-refractivity contribution is -0.122. The second-order valence-corrected chi connectivity index (χ2v) is 7.77. The third-order valence-corrected chi connectivity index (χ3v) is 5.46. The van der Waals surface area contributed by atoms with E-state index in [1.165, 1.54) is 6.08 Å². The smallest absolute Gasteiger partial charge is 0.335 e. The summed E-state index contributed by atoms with van der Waals surface area (Å²) in [7, 11) is 1.57. The summed E-state index contributed by atoms with van der Waals surface area (Å²) >= 11 is 3.46. The lowest BCUT2D eigenvalue weighted by atomic mass is 10.0. The van der Waals surface area contributed by atoms with Gasteiger partial charge in [0.1, 0.15) is 11.3 Å². The molecule has 4 amide bonds. The van der Waals surface area contributed by atoms with Crippen LogP contribution in [0.4, 0.5) is 10.5 Å². The molecule has 154 valence electrons. The first-order chi connectivity index (χ1) is 14.3. The Balaban J connectivity index is 2.06. The van der Waals surface area contributed by atoms with Gasteiger partial charge in [-0.1, -0.05) is 12.1 Å². The third-order valence-electron chi connectivity index (χ3n) is 4.87. The predicted octanol–water partition coefficient (Wildman–Crippen LogP) is 4.47. The van der Waals surface area contributed by atoms with Crippen LogP contribution in [0.5, 0.6) is 5.75 Å². The Hall–Kier alpha value is -3.19. The van der Waals surface area contributed by atoms with Gasteiger partial charge in [-0.3, -0.25) is 14.9 Å². The van der Waals surface area contributed by atoms with Crippen molar-refractivity contribution in [3.8, 4) is 5.75 Å². The molecule has 3 rings (SSSR count). The fourth-order valence-electron chi connectivity index (χ4n) is 3.22. The maximum Gasteiger partial charge on any atom is 0.335 e. The molecule has 1 fully saturated rings. The molecule has 0 bridgehead atoms. The molecule has 0 aromatic heterocycles. The predicted molar refractivity (Wildman–Crippen MR) is 120 cm³/mol. The van der Waals surface area contributed by atoms with Gasteiger partial charge in [-0.2, -0.15) is 0 Å². The molecular weight excluding hydrogens is 448 g/mol. The molecule has 0 unspecified atom stereocenters. The zero-order valence-electron chi connectivity index (χ0n) is 16.9. The van der Waals surface area contributed by atoms with Crippen LogP contribution in [0.1, 0.15) is 22.3 Å². The van der Waals surface area contributed by atoms with Crippen molar-refractivity contribution in [2.24, 2.45) is 0 Å². The molecular formula is C23H21BrN2O4. The average molecular weight is 469 g/mol. The standard InChI is InChI=1S/C23H21BrN2O4/c1-5-6-16-10-15(12-19(24)20(16)30-4)11-18-21(27)25-23(29)26(22(18)28)17-8-7-13(2)14(3)9-17/h5,7-12H,1,6H2,2-4H3,(H,25,27,29)/b18-11+. The number of urea groups is 1. The lowest BCUT2D eigenvalue weighted by Gasteiger charge is -2.27. The van der Waals surface area contributed by atoms with E-state index in [4.69, 9.17) is 4.74 Å². The minimum atomic E-state index is -0.770. The van der Waals surface area contributed by atoms with Crippen LogP contribution in [0, 0.1) is 13.8 Å². The molecule has 1 heterocycles. The van der Waals surface area contributed by atoms with Crippen LogP contribution >= 0.6 is 15.9 Å². The molecule has 1 aliphatic rings. The van der Waals surface area contributed by atoms with Gasteiger partial charge in [0.15, 0.2) is 0 Å². The van der Waals surface area contributed by atoms with E-state index in [1.807, 2.05) is 26.0 Å². The maximum atomic E-state index is 13.1. The largest absolute Gasteiger partial charge is 0.495 e. The quantitative estimate of drug-likeness (QED) is 0.399. The third kappa shape index (κ3) is 4.07. The van der Waals surface area contributed by atoms with Gasteiger partial charge in [0.2, 0.25) is 0 Å². The van der Waals surface area contributed by atoms with Crippen LogP contribution in [0.3, 0.4) is 0 Å². The second-order valence-electron chi connectivity index (χ2n) is 6.91. The summed E-state index contributed by atoms with van der Waals surface area (Å²) in [6, 6.07) is 8.04. The number of allylic oxidation sites excluding steroid dienone is 1. The number of barbiturate groups is 1. The van der Waals surface area contributed by atoms with Crippen molar-refractivity contribution in [3.05, 3.63) is 75.3 Å². The number of imide groups is 2. The van der Waals surface area contributed by atoms with Gasteiger partial charge in [-0.15, -0.1) is 6.58 Å². The summed E-state index contributed by atoms with van der Waals surface area (Å²) in [6.07, 6.45) is 3.75. The molecule has 6 nitrogen and oxygen atoms in total. The molecule has 0 aliphatic carbocycles. The zero-order valence-corrected chi connectivity index (χ0v) is 18.5. The Morgan fingerprint density at radius 1 is 1.13 bits per heavy atom. The van der Waals surface area contributed by atoms with Crippen molar-refractivity contribution in [2.75, 3.05) is 12.0 Å². The Morgan fingerprint density at radius 3 is 2.50 bits per heavy atom. The monoisotopic (exact) mass is 468 g/mol. The first-order valence-corrected chi connectivity index (χ1v) is 10.0. The molecule has 0 radical (unpaired) electrons. The molecule has 30 heavy (non-hydrogen) atoms. The molecule has 7 heteroatoms. The van der Waals surface area contributed by atoms with Gasteiger partial charge in [0.25, 0.3) is 11.8 Å². The molecule has 2 aromatic carbocycles. The van der Waals surface area contributed by atoms with Crippen molar-refractivity contribution in [3.63, 3.8) is 0 Å². The normalized spacial score (nSPS) is 15.4. The number of methoxy groups -OCH3 is 1. The van der Waals surface area contributed by atoms with Gasteiger partial charge >= 0.3 is 6.03 Å². The first-order valence-electron chi connectivity index (χ1n) is 9.22. The number of benzene rings is 2. The van der Waals surface area contributed by atoms with Crippen molar-refractivity contribution < 1.29 is 19.1 Å². The van der Waals surface area contributed by atoms with E-state index < -0.39 is 17.8 Å². The highest BCUT2D eigenvalue weighted by Gasteiger charge is 2.37. The number of aryl methyl sites for hydroxylation is 2. The number of hydrogen-bond donors (Lipinski definition) is 1. The number of carbonyl (C=O) groups excluding carboxylic acids is 3. The van der Waals surface area contributed by atoms with Crippen molar-refractivity contribution in [1.82, 2.24) is 5.32 Å². The van der Waals surface area contributed by atoms with Gasteiger partial charge in [-0.05, 0) is 88.8 Å². The van der Waals surface area contributed by atoms with E-state index in [2.05, 4.69) is 27.8 Å². The van der Waals surface area contributed by atoms with E-state index in [9.17, 15) is 14.4 Å². The van der Waals surface area contributed by atoms with Gasteiger partial charge in [0, 0.05) is 0 Å². The summed E-state index contributed by atoms with van der Waals surface area (Å²) in [4.78, 5) is 38.9. The van der Waals surface area contributed by atoms with Crippen molar-refractivity contribution in [2.45, 2.75) is 20.3 Å². The van der Waals surface area contributed by atoms with E-state index in [0.29, 0.717) is 27.9 Å². The van der Waals surface area contributed by atoms with E-state index >= 15 is 0 Å². The number of nitrogens with one attached hydrogen (secondary N) is 1. The molecule has 0 spiro atoms. The highest BCUT2D eigenvalue weighted by molar-refractivity contribution is 9.10. The van der Waals surface area contributed by atoms with Crippen LogP contribution in [0.25, 0.3) is 6.08 Å². The number of ether oxygens (including phenoxy) is 1. The first kappa shape index (κ1) is 21.5. The molecule has 0 saturated carbocycles. The SMILES string of the molecule is C=CCc1cc(/C=C2\C(=O)NC(=O)N(c3ccc(C)c(C)c3)C2=O)cc(Br)c1OC. The zero-order chi connectivity index (χ0) is 22.0. The van der Waals surface area contributed by atoms with E-state index in [-0.39, 0.29) is 5.57 Å². The molecule has 1 saturated heterocycles. The summed E-state index contributed by atoms with van der Waals surface area (Å²) in [5.41, 5.74) is 3.71. The topological polar surface area (TPSA) is 75.7 Å². The Kier molecular flexibility index (Phi) is 6.22. The number of nitrogens with zero attached hydrogens (tertiary/aromatic N) is 1. The summed E-state index contributed by atoms with van der Waals surface area (Å²) in [5.74, 6) is -0.755. The lowest BCUT2D eigenvalue weighted by Crippen LogP contribution is -2.54. The summed E-state index contributed by atoms with van der Waals surface area (Å²) in [6.45, 7) is 7.58. The molecule has 0 atom stereocenters. The van der Waals surface area contributed by atoms with Crippen molar-refractivity contribution in [1.29, 1.82) is 0 Å². The molecule has 1 N–H and O–H groups in total.